The highest BCUT2D eigenvalue weighted by molar-refractivity contribution is 5.76. The lowest BCUT2D eigenvalue weighted by Crippen LogP contribution is -2.37. The summed E-state index contributed by atoms with van der Waals surface area (Å²) in [6.45, 7) is 12.1. The number of aromatic nitrogens is 5. The van der Waals surface area contributed by atoms with Gasteiger partial charge in [-0.25, -0.2) is 4.98 Å². The molecule has 178 valence electrons. The van der Waals surface area contributed by atoms with Crippen LogP contribution in [0.25, 0.3) is 22.6 Å². The molecule has 1 aromatic carbocycles. The lowest BCUT2D eigenvalue weighted by molar-refractivity contribution is 0.313. The van der Waals surface area contributed by atoms with Crippen LogP contribution in [0.4, 0.5) is 0 Å². The Kier molecular flexibility index (Phi) is 4.96. The number of rotatable bonds is 3. The van der Waals surface area contributed by atoms with Crippen LogP contribution in [0.5, 0.6) is 0 Å². The Morgan fingerprint density at radius 2 is 1.57 bits per heavy atom. The monoisotopic (exact) mass is 463 g/mol. The number of pyridine rings is 1. The molecular weight excluding hydrogens is 430 g/mol. The molecule has 0 atom stereocenters. The van der Waals surface area contributed by atoms with Crippen LogP contribution in [0.15, 0.2) is 48.8 Å². The predicted molar refractivity (Wildman–Crippen MR) is 139 cm³/mol. The van der Waals surface area contributed by atoms with E-state index in [0.717, 1.165) is 65.3 Å². The zero-order valence-electron chi connectivity index (χ0n) is 21.4. The van der Waals surface area contributed by atoms with Gasteiger partial charge >= 0.3 is 0 Å². The van der Waals surface area contributed by atoms with Gasteiger partial charge in [-0.05, 0) is 44.2 Å². The topological polar surface area (TPSA) is 56.5 Å². The molecule has 0 saturated carbocycles. The number of benzene rings is 1. The van der Waals surface area contributed by atoms with Crippen LogP contribution < -0.4 is 0 Å². The molecule has 4 aromatic rings. The average molecular weight is 464 g/mol. The summed E-state index contributed by atoms with van der Waals surface area (Å²) in [6, 6.07) is 12.8. The normalized spacial score (nSPS) is 17.4. The van der Waals surface area contributed by atoms with Gasteiger partial charge in [0.2, 0.25) is 0 Å². The third-order valence-corrected chi connectivity index (χ3v) is 7.89. The molecule has 5 heteroatoms. The number of fused-ring (bicyclic) bond motifs is 4. The minimum atomic E-state index is 0.0124. The molecule has 0 spiro atoms. The molecule has 0 fully saturated rings. The number of aryl methyl sites for hydroxylation is 2. The Morgan fingerprint density at radius 3 is 2.26 bits per heavy atom. The fraction of sp³-hybridized carbons (Fsp3) is 0.400. The van der Waals surface area contributed by atoms with Crippen LogP contribution in [-0.2, 0) is 30.2 Å². The van der Waals surface area contributed by atoms with E-state index in [-0.39, 0.29) is 10.8 Å². The first-order valence-electron chi connectivity index (χ1n) is 12.7. The van der Waals surface area contributed by atoms with Crippen molar-refractivity contribution >= 4 is 0 Å². The molecule has 0 unspecified atom stereocenters. The smallest absolute Gasteiger partial charge is 0.110 e. The molecule has 2 aliphatic carbocycles. The molecule has 0 aliphatic heterocycles. The summed E-state index contributed by atoms with van der Waals surface area (Å²) in [6.07, 6.45) is 7.83. The van der Waals surface area contributed by atoms with Crippen LogP contribution >= 0.6 is 0 Å². The summed E-state index contributed by atoms with van der Waals surface area (Å²) in [4.78, 5) is 15.1. The highest BCUT2D eigenvalue weighted by atomic mass is 15.3. The molecule has 0 N–H and O–H groups in total. The third kappa shape index (κ3) is 3.69. The number of hydrogen-bond acceptors (Lipinski definition) is 4. The fourth-order valence-electron chi connectivity index (χ4n) is 5.61. The van der Waals surface area contributed by atoms with E-state index in [1.165, 1.54) is 16.8 Å². The number of hydrogen-bond donors (Lipinski definition) is 0. The SMILES string of the molecule is Cc1ccc(-c2nn(Cc3cccnc3)c3c2CCc2nc4c(nc2-3)C(C)(C)CCC4(C)C)cc1. The zero-order valence-corrected chi connectivity index (χ0v) is 21.4. The van der Waals surface area contributed by atoms with Crippen molar-refractivity contribution in [3.05, 3.63) is 82.6 Å². The second-order valence-electron chi connectivity index (χ2n) is 11.5. The largest absolute Gasteiger partial charge is 0.264 e. The Labute approximate surface area is 207 Å². The van der Waals surface area contributed by atoms with Gasteiger partial charge in [-0.2, -0.15) is 5.10 Å². The quantitative estimate of drug-likeness (QED) is 0.363. The Morgan fingerprint density at radius 1 is 0.857 bits per heavy atom. The molecule has 0 radical (unpaired) electrons. The summed E-state index contributed by atoms with van der Waals surface area (Å²) in [5, 5.41) is 5.18. The number of nitrogens with zero attached hydrogens (tertiary/aromatic N) is 5. The first-order valence-corrected chi connectivity index (χ1v) is 12.7. The molecule has 35 heavy (non-hydrogen) atoms. The van der Waals surface area contributed by atoms with Crippen molar-refractivity contribution in [2.24, 2.45) is 0 Å². The maximum absolute atomic E-state index is 5.43. The maximum atomic E-state index is 5.43. The molecule has 0 amide bonds. The second-order valence-corrected chi connectivity index (χ2v) is 11.5. The maximum Gasteiger partial charge on any atom is 0.110 e. The van der Waals surface area contributed by atoms with Crippen molar-refractivity contribution in [3.63, 3.8) is 0 Å². The van der Waals surface area contributed by atoms with E-state index < -0.39 is 0 Å². The van der Waals surface area contributed by atoms with Crippen molar-refractivity contribution in [1.82, 2.24) is 24.7 Å². The van der Waals surface area contributed by atoms with Gasteiger partial charge in [-0.1, -0.05) is 63.6 Å². The van der Waals surface area contributed by atoms with Gasteiger partial charge in [0, 0.05) is 34.4 Å². The van der Waals surface area contributed by atoms with Gasteiger partial charge < -0.3 is 0 Å². The first kappa shape index (κ1) is 22.1. The van der Waals surface area contributed by atoms with Gasteiger partial charge in [0.05, 0.1) is 35.0 Å². The minimum absolute atomic E-state index is 0.0124. The summed E-state index contributed by atoms with van der Waals surface area (Å²) >= 11 is 0. The van der Waals surface area contributed by atoms with E-state index in [4.69, 9.17) is 15.1 Å². The standard InChI is InChI=1S/C30H33N5/c1-19-8-10-21(11-9-19)24-22-12-13-23-25(26(22)35(34-24)18-20-7-6-16-31-17-20)33-28-27(32-23)29(2,3)14-15-30(28,4)5/h6-11,16-17H,12-15,18H2,1-5H3. The van der Waals surface area contributed by atoms with Crippen molar-refractivity contribution in [2.75, 3.05) is 0 Å². The molecule has 6 rings (SSSR count). The Hall–Kier alpha value is -3.34. The van der Waals surface area contributed by atoms with Crippen molar-refractivity contribution in [3.8, 4) is 22.6 Å². The van der Waals surface area contributed by atoms with E-state index in [9.17, 15) is 0 Å². The third-order valence-electron chi connectivity index (χ3n) is 7.89. The van der Waals surface area contributed by atoms with Crippen LogP contribution in [0, 0.1) is 6.92 Å². The average Bonchev–Trinajstić information content (AvgIpc) is 3.21. The highest BCUT2D eigenvalue weighted by Gasteiger charge is 2.41. The van der Waals surface area contributed by atoms with Gasteiger partial charge in [-0.15, -0.1) is 0 Å². The van der Waals surface area contributed by atoms with Crippen molar-refractivity contribution in [2.45, 2.75) is 77.7 Å². The lowest BCUT2D eigenvalue weighted by atomic mass is 9.67. The molecule has 0 saturated heterocycles. The van der Waals surface area contributed by atoms with E-state index >= 15 is 0 Å². The summed E-state index contributed by atoms with van der Waals surface area (Å²) in [5.74, 6) is 0. The molecule has 3 heterocycles. The summed E-state index contributed by atoms with van der Waals surface area (Å²) in [5.41, 5.74) is 11.6. The minimum Gasteiger partial charge on any atom is -0.264 e. The van der Waals surface area contributed by atoms with Crippen LogP contribution in [0.3, 0.4) is 0 Å². The molecule has 2 aliphatic rings. The second kappa shape index (κ2) is 7.84. The van der Waals surface area contributed by atoms with Crippen molar-refractivity contribution < 1.29 is 0 Å². The van der Waals surface area contributed by atoms with Crippen LogP contribution in [0.1, 0.15) is 74.3 Å². The van der Waals surface area contributed by atoms with E-state index in [1.807, 2.05) is 18.5 Å². The molecular formula is C30H33N5. The highest BCUT2D eigenvalue weighted by Crippen LogP contribution is 2.46. The first-order chi connectivity index (χ1) is 16.7. The lowest BCUT2D eigenvalue weighted by Gasteiger charge is -2.40. The van der Waals surface area contributed by atoms with Crippen molar-refractivity contribution in [1.29, 1.82) is 0 Å². The molecule has 0 bridgehead atoms. The van der Waals surface area contributed by atoms with E-state index in [0.29, 0.717) is 6.54 Å². The molecule has 5 nitrogen and oxygen atoms in total. The van der Waals surface area contributed by atoms with Gasteiger partial charge in [0.25, 0.3) is 0 Å². The molecule has 3 aromatic heterocycles. The van der Waals surface area contributed by atoms with E-state index in [1.54, 1.807) is 0 Å². The zero-order chi connectivity index (χ0) is 24.4. The summed E-state index contributed by atoms with van der Waals surface area (Å²) in [7, 11) is 0. The van der Waals surface area contributed by atoms with E-state index in [2.05, 4.69) is 74.6 Å². The van der Waals surface area contributed by atoms with Gasteiger partial charge in [0.1, 0.15) is 5.69 Å². The fourth-order valence-corrected chi connectivity index (χ4v) is 5.61. The predicted octanol–water partition coefficient (Wildman–Crippen LogP) is 6.21. The summed E-state index contributed by atoms with van der Waals surface area (Å²) < 4.78 is 2.14. The van der Waals surface area contributed by atoms with Gasteiger partial charge in [-0.3, -0.25) is 14.6 Å². The Balaban J connectivity index is 1.58. The van der Waals surface area contributed by atoms with Gasteiger partial charge in [0.15, 0.2) is 0 Å². The Bertz CT molecular complexity index is 1410. The van der Waals surface area contributed by atoms with Crippen LogP contribution in [-0.4, -0.2) is 24.7 Å². The van der Waals surface area contributed by atoms with Crippen LogP contribution in [0.2, 0.25) is 0 Å².